The molecule has 0 atom stereocenters. The molecule has 1 aliphatic carbocycles. The Labute approximate surface area is 173 Å². The smallest absolute Gasteiger partial charge is 0.238 e. The number of aromatic nitrogens is 2. The number of nitrogens with one attached hydrogen (secondary N) is 2. The normalized spacial score (nSPS) is 19.9. The van der Waals surface area contributed by atoms with Crippen LogP contribution >= 0.6 is 0 Å². The summed E-state index contributed by atoms with van der Waals surface area (Å²) in [7, 11) is -3.18. The van der Waals surface area contributed by atoms with Crippen molar-refractivity contribution in [3.63, 3.8) is 0 Å². The molecule has 0 spiro atoms. The van der Waals surface area contributed by atoms with Crippen molar-refractivity contribution in [2.45, 2.75) is 57.7 Å². The van der Waals surface area contributed by atoms with E-state index in [1.165, 1.54) is 5.56 Å². The summed E-state index contributed by atoms with van der Waals surface area (Å²) >= 11 is 0. The van der Waals surface area contributed by atoms with Crippen molar-refractivity contribution in [3.05, 3.63) is 42.0 Å². The molecule has 0 radical (unpaired) electrons. The van der Waals surface area contributed by atoms with E-state index in [1.54, 1.807) is 13.8 Å². The average Bonchev–Trinajstić information content (AvgIpc) is 2.70. The molecule has 7 nitrogen and oxygen atoms in total. The first kappa shape index (κ1) is 21.5. The van der Waals surface area contributed by atoms with E-state index in [4.69, 9.17) is 4.74 Å². The van der Waals surface area contributed by atoms with Gasteiger partial charge in [-0.25, -0.2) is 13.1 Å². The zero-order valence-corrected chi connectivity index (χ0v) is 18.1. The van der Waals surface area contributed by atoms with Crippen LogP contribution in [0.25, 0.3) is 0 Å². The van der Waals surface area contributed by atoms with Crippen molar-refractivity contribution < 1.29 is 13.2 Å². The average molecular weight is 419 g/mol. The molecule has 1 aliphatic rings. The molecular weight excluding hydrogens is 388 g/mol. The van der Waals surface area contributed by atoms with E-state index >= 15 is 0 Å². The molecule has 3 rings (SSSR count). The maximum Gasteiger partial charge on any atom is 0.238 e. The van der Waals surface area contributed by atoms with Crippen LogP contribution in [0.4, 0.5) is 5.82 Å². The monoisotopic (exact) mass is 418 g/mol. The number of ether oxygens (including phenoxy) is 1. The van der Waals surface area contributed by atoms with E-state index in [-0.39, 0.29) is 0 Å². The molecule has 1 fully saturated rings. The summed E-state index contributed by atoms with van der Waals surface area (Å²) in [5.41, 5.74) is 1.18. The lowest BCUT2D eigenvalue weighted by Gasteiger charge is -2.29. The van der Waals surface area contributed by atoms with Gasteiger partial charge in [0, 0.05) is 18.7 Å². The third kappa shape index (κ3) is 6.40. The van der Waals surface area contributed by atoms with Gasteiger partial charge in [0.05, 0.1) is 5.25 Å². The van der Waals surface area contributed by atoms with Gasteiger partial charge in [-0.3, -0.25) is 0 Å². The quantitative estimate of drug-likeness (QED) is 0.676. The highest BCUT2D eigenvalue weighted by molar-refractivity contribution is 7.90. The predicted octanol–water partition coefficient (Wildman–Crippen LogP) is 3.88. The van der Waals surface area contributed by atoms with Crippen LogP contribution in [0, 0.1) is 12.8 Å². The standard InChI is InChI=1S/C21H30N4O3S/c1-15(2)29(26,27)22-14-17-6-8-18(9-7-17)23-20-12-13-21(25-24-20)28-19-10-4-16(3)5-11-19/h4-5,10-13,15,17-18,22H,6-9,14H2,1-3H3,(H,23,24)/t17-,18-. The van der Waals surface area contributed by atoms with Crippen molar-refractivity contribution in [3.8, 4) is 11.6 Å². The Kier molecular flexibility index (Phi) is 7.08. The third-order valence-corrected chi connectivity index (χ3v) is 7.09. The fraction of sp³-hybridized carbons (Fsp3) is 0.524. The number of sulfonamides is 1. The summed E-state index contributed by atoms with van der Waals surface area (Å²) < 4.78 is 32.2. The number of rotatable bonds is 8. The van der Waals surface area contributed by atoms with Gasteiger partial charge in [0.1, 0.15) is 11.6 Å². The summed E-state index contributed by atoms with van der Waals surface area (Å²) in [6.45, 7) is 5.95. The topological polar surface area (TPSA) is 93.2 Å². The fourth-order valence-electron chi connectivity index (χ4n) is 3.30. The number of hydrogen-bond acceptors (Lipinski definition) is 6. The van der Waals surface area contributed by atoms with E-state index in [1.807, 2.05) is 43.3 Å². The first-order valence-corrected chi connectivity index (χ1v) is 11.7. The van der Waals surface area contributed by atoms with Gasteiger partial charge in [-0.15, -0.1) is 10.2 Å². The van der Waals surface area contributed by atoms with Crippen molar-refractivity contribution in [1.82, 2.24) is 14.9 Å². The highest BCUT2D eigenvalue weighted by Crippen LogP contribution is 2.26. The summed E-state index contributed by atoms with van der Waals surface area (Å²) in [5, 5.41) is 11.4. The van der Waals surface area contributed by atoms with Gasteiger partial charge in [-0.1, -0.05) is 17.7 Å². The van der Waals surface area contributed by atoms with Crippen LogP contribution in [-0.4, -0.2) is 36.5 Å². The molecule has 0 aliphatic heterocycles. The molecular formula is C21H30N4O3S. The minimum absolute atomic E-state index is 0.325. The van der Waals surface area contributed by atoms with Crippen molar-refractivity contribution in [1.29, 1.82) is 0 Å². The molecule has 158 valence electrons. The molecule has 1 aromatic carbocycles. The Hall–Kier alpha value is -2.19. The molecule has 1 aromatic heterocycles. The van der Waals surface area contributed by atoms with Crippen LogP contribution in [0.1, 0.15) is 45.1 Å². The highest BCUT2D eigenvalue weighted by atomic mass is 32.2. The molecule has 0 bridgehead atoms. The van der Waals surface area contributed by atoms with Crippen LogP contribution in [-0.2, 0) is 10.0 Å². The van der Waals surface area contributed by atoms with E-state index in [2.05, 4.69) is 20.2 Å². The lowest BCUT2D eigenvalue weighted by molar-refractivity contribution is 0.336. The van der Waals surface area contributed by atoms with Gasteiger partial charge in [0.15, 0.2) is 0 Å². The summed E-state index contributed by atoms with van der Waals surface area (Å²) in [5.74, 6) is 2.31. The van der Waals surface area contributed by atoms with Crippen LogP contribution in [0.2, 0.25) is 0 Å². The Bertz CT molecular complexity index is 875. The second kappa shape index (κ2) is 9.54. The first-order chi connectivity index (χ1) is 13.8. The highest BCUT2D eigenvalue weighted by Gasteiger charge is 2.24. The zero-order chi connectivity index (χ0) is 20.9. The number of hydrogen-bond donors (Lipinski definition) is 2. The number of aryl methyl sites for hydroxylation is 1. The lowest BCUT2D eigenvalue weighted by Crippen LogP contribution is -2.37. The van der Waals surface area contributed by atoms with Crippen LogP contribution < -0.4 is 14.8 Å². The Morgan fingerprint density at radius 2 is 1.72 bits per heavy atom. The third-order valence-electron chi connectivity index (χ3n) is 5.28. The molecule has 2 aromatic rings. The second-order valence-corrected chi connectivity index (χ2v) is 10.3. The Balaban J connectivity index is 1.44. The molecule has 2 N–H and O–H groups in total. The van der Waals surface area contributed by atoms with Crippen molar-refractivity contribution in [2.75, 3.05) is 11.9 Å². The van der Waals surface area contributed by atoms with E-state index < -0.39 is 15.3 Å². The van der Waals surface area contributed by atoms with E-state index in [0.29, 0.717) is 24.4 Å². The zero-order valence-electron chi connectivity index (χ0n) is 17.3. The predicted molar refractivity (Wildman–Crippen MR) is 115 cm³/mol. The lowest BCUT2D eigenvalue weighted by atomic mass is 9.86. The molecule has 0 unspecified atom stereocenters. The summed E-state index contributed by atoms with van der Waals surface area (Å²) in [4.78, 5) is 0. The first-order valence-electron chi connectivity index (χ1n) is 10.1. The van der Waals surface area contributed by atoms with Gasteiger partial charge in [-0.2, -0.15) is 0 Å². The molecule has 0 saturated heterocycles. The number of nitrogens with zero attached hydrogens (tertiary/aromatic N) is 2. The number of anilines is 1. The van der Waals surface area contributed by atoms with Gasteiger partial charge in [-0.05, 0) is 70.6 Å². The van der Waals surface area contributed by atoms with Crippen LogP contribution in [0.3, 0.4) is 0 Å². The minimum atomic E-state index is -3.18. The Morgan fingerprint density at radius 1 is 1.03 bits per heavy atom. The molecule has 1 saturated carbocycles. The Morgan fingerprint density at radius 3 is 2.31 bits per heavy atom. The largest absolute Gasteiger partial charge is 0.438 e. The minimum Gasteiger partial charge on any atom is -0.438 e. The van der Waals surface area contributed by atoms with Gasteiger partial charge in [0.25, 0.3) is 0 Å². The number of benzene rings is 1. The van der Waals surface area contributed by atoms with Gasteiger partial charge < -0.3 is 10.1 Å². The maximum atomic E-state index is 11.9. The van der Waals surface area contributed by atoms with Gasteiger partial charge in [0.2, 0.25) is 15.9 Å². The SMILES string of the molecule is Cc1ccc(Oc2ccc(N[C@H]3CC[C@H](CNS(=O)(=O)C(C)C)CC3)nn2)cc1. The van der Waals surface area contributed by atoms with Crippen molar-refractivity contribution >= 4 is 15.8 Å². The van der Waals surface area contributed by atoms with Crippen LogP contribution in [0.5, 0.6) is 11.6 Å². The summed E-state index contributed by atoms with van der Waals surface area (Å²) in [6, 6.07) is 11.8. The summed E-state index contributed by atoms with van der Waals surface area (Å²) in [6.07, 6.45) is 3.94. The molecule has 8 heteroatoms. The molecule has 1 heterocycles. The molecule has 0 amide bonds. The fourth-order valence-corrected chi connectivity index (χ4v) is 4.10. The van der Waals surface area contributed by atoms with E-state index in [9.17, 15) is 8.42 Å². The maximum absolute atomic E-state index is 11.9. The second-order valence-electron chi connectivity index (χ2n) is 7.98. The van der Waals surface area contributed by atoms with E-state index in [0.717, 1.165) is 37.3 Å². The van der Waals surface area contributed by atoms with Crippen molar-refractivity contribution in [2.24, 2.45) is 5.92 Å². The van der Waals surface area contributed by atoms with Crippen LogP contribution in [0.15, 0.2) is 36.4 Å². The molecule has 29 heavy (non-hydrogen) atoms. The van der Waals surface area contributed by atoms with Gasteiger partial charge >= 0.3 is 0 Å².